The third-order valence-corrected chi connectivity index (χ3v) is 2.11. The van der Waals surface area contributed by atoms with E-state index in [1.165, 1.54) is 0 Å². The van der Waals surface area contributed by atoms with Crippen LogP contribution in [-0.2, 0) is 9.47 Å². The first-order valence-electron chi connectivity index (χ1n) is 4.90. The van der Waals surface area contributed by atoms with Gasteiger partial charge in [0.1, 0.15) is 6.10 Å². The second-order valence-electron chi connectivity index (χ2n) is 3.26. The van der Waals surface area contributed by atoms with Gasteiger partial charge in [0, 0.05) is 12.6 Å². The van der Waals surface area contributed by atoms with E-state index >= 15 is 0 Å². The topological polar surface area (TPSA) is 50.7 Å². The summed E-state index contributed by atoms with van der Waals surface area (Å²) in [6.45, 7) is 5.28. The lowest BCUT2D eigenvalue weighted by molar-refractivity contribution is -0.133. The highest BCUT2D eigenvalue weighted by Gasteiger charge is 2.20. The van der Waals surface area contributed by atoms with Gasteiger partial charge in [-0.15, -0.1) is 0 Å². The lowest BCUT2D eigenvalue weighted by Gasteiger charge is -2.28. The molecule has 1 rings (SSSR count). The third-order valence-electron chi connectivity index (χ3n) is 2.11. The highest BCUT2D eigenvalue weighted by Crippen LogP contribution is 2.06. The first kappa shape index (κ1) is 10.9. The van der Waals surface area contributed by atoms with Crippen molar-refractivity contribution in [3.63, 3.8) is 0 Å². The Hall–Kier alpha value is -0.160. The maximum atomic E-state index is 8.78. The van der Waals surface area contributed by atoms with Gasteiger partial charge in [0.15, 0.2) is 0 Å². The fraction of sp³-hybridized carbons (Fsp3) is 1.00. The molecule has 0 saturated carbocycles. The van der Waals surface area contributed by atoms with Gasteiger partial charge in [-0.1, -0.05) is 6.92 Å². The molecule has 0 radical (unpaired) electrons. The van der Waals surface area contributed by atoms with Crippen molar-refractivity contribution in [1.82, 2.24) is 5.32 Å². The average Bonchev–Trinajstić information content (AvgIpc) is 2.02. The second-order valence-corrected chi connectivity index (χ2v) is 3.26. The van der Waals surface area contributed by atoms with Gasteiger partial charge in [0.2, 0.25) is 0 Å². The van der Waals surface area contributed by atoms with E-state index < -0.39 is 0 Å². The Bertz CT molecular complexity index is 122. The zero-order chi connectivity index (χ0) is 9.52. The molecule has 1 saturated heterocycles. The Morgan fingerprint density at radius 2 is 2.38 bits per heavy atom. The number of nitrogens with one attached hydrogen (secondary N) is 1. The molecular weight excluding hydrogens is 170 g/mol. The quantitative estimate of drug-likeness (QED) is 0.580. The number of hydrogen-bond donors (Lipinski definition) is 2. The highest BCUT2D eigenvalue weighted by atomic mass is 16.6. The summed E-state index contributed by atoms with van der Waals surface area (Å²) in [5, 5.41) is 12.0. The normalized spacial score (nSPS) is 19.8. The predicted octanol–water partition coefficient (Wildman–Crippen LogP) is -0.238. The van der Waals surface area contributed by atoms with Crippen molar-refractivity contribution in [2.24, 2.45) is 0 Å². The maximum absolute atomic E-state index is 8.78. The highest BCUT2D eigenvalue weighted by molar-refractivity contribution is 4.69. The van der Waals surface area contributed by atoms with Crippen LogP contribution in [0.5, 0.6) is 0 Å². The Kier molecular flexibility index (Phi) is 5.31. The van der Waals surface area contributed by atoms with Gasteiger partial charge in [-0.05, 0) is 13.0 Å². The zero-order valence-corrected chi connectivity index (χ0v) is 8.16. The molecule has 0 aromatic rings. The van der Waals surface area contributed by atoms with Crippen molar-refractivity contribution in [3.05, 3.63) is 0 Å². The van der Waals surface area contributed by atoms with Crippen LogP contribution in [0.25, 0.3) is 0 Å². The molecule has 0 amide bonds. The van der Waals surface area contributed by atoms with Gasteiger partial charge in [-0.2, -0.15) is 0 Å². The largest absolute Gasteiger partial charge is 0.396 e. The Morgan fingerprint density at radius 1 is 1.62 bits per heavy atom. The van der Waals surface area contributed by atoms with Gasteiger partial charge >= 0.3 is 0 Å². The van der Waals surface area contributed by atoms with Crippen LogP contribution < -0.4 is 5.32 Å². The van der Waals surface area contributed by atoms with Crippen molar-refractivity contribution in [2.75, 3.05) is 33.0 Å². The summed E-state index contributed by atoms with van der Waals surface area (Å²) in [5.41, 5.74) is 0. The molecule has 0 aliphatic carbocycles. The number of ether oxygens (including phenoxy) is 2. The van der Waals surface area contributed by atoms with Gasteiger partial charge in [-0.3, -0.25) is 0 Å². The van der Waals surface area contributed by atoms with E-state index in [1.807, 2.05) is 0 Å². The van der Waals surface area contributed by atoms with Crippen LogP contribution in [0.4, 0.5) is 0 Å². The van der Waals surface area contributed by atoms with Crippen molar-refractivity contribution in [3.8, 4) is 0 Å². The van der Waals surface area contributed by atoms with Crippen molar-refractivity contribution >= 4 is 0 Å². The lowest BCUT2D eigenvalue weighted by atomic mass is 10.2. The monoisotopic (exact) mass is 189 g/mol. The van der Waals surface area contributed by atoms with Crippen LogP contribution in [-0.4, -0.2) is 50.2 Å². The molecule has 0 aromatic heterocycles. The fourth-order valence-electron chi connectivity index (χ4n) is 1.25. The molecule has 4 nitrogen and oxygen atoms in total. The van der Waals surface area contributed by atoms with Gasteiger partial charge in [0.05, 0.1) is 19.8 Å². The van der Waals surface area contributed by atoms with E-state index in [-0.39, 0.29) is 18.8 Å². The number of aliphatic hydroxyl groups excluding tert-OH is 1. The van der Waals surface area contributed by atoms with Crippen molar-refractivity contribution in [1.29, 1.82) is 0 Å². The van der Waals surface area contributed by atoms with Crippen LogP contribution in [0.1, 0.15) is 13.3 Å². The van der Waals surface area contributed by atoms with E-state index in [0.29, 0.717) is 6.61 Å². The van der Waals surface area contributed by atoms with Crippen LogP contribution in [0.3, 0.4) is 0 Å². The first-order chi connectivity index (χ1) is 6.36. The second kappa shape index (κ2) is 6.32. The Labute approximate surface area is 79.2 Å². The smallest absolute Gasteiger partial charge is 0.104 e. The third kappa shape index (κ3) is 4.04. The van der Waals surface area contributed by atoms with E-state index in [4.69, 9.17) is 14.6 Å². The number of aliphatic hydroxyl groups is 1. The molecular formula is C9H19NO3. The summed E-state index contributed by atoms with van der Waals surface area (Å²) in [7, 11) is 0. The summed E-state index contributed by atoms with van der Waals surface area (Å²) >= 11 is 0. The van der Waals surface area contributed by atoms with Crippen LogP contribution in [0, 0.1) is 0 Å². The van der Waals surface area contributed by atoms with E-state index in [0.717, 1.165) is 26.2 Å². The molecule has 0 bridgehead atoms. The van der Waals surface area contributed by atoms with Crippen LogP contribution in [0.15, 0.2) is 0 Å². The molecule has 1 heterocycles. The summed E-state index contributed by atoms with van der Waals surface area (Å²) in [4.78, 5) is 0. The Balaban J connectivity index is 2.05. The molecule has 0 aromatic carbocycles. The van der Waals surface area contributed by atoms with Gasteiger partial charge in [-0.25, -0.2) is 0 Å². The van der Waals surface area contributed by atoms with Crippen LogP contribution >= 0.6 is 0 Å². The molecule has 1 aliphatic rings. The molecule has 4 heteroatoms. The number of hydrogen-bond acceptors (Lipinski definition) is 4. The van der Waals surface area contributed by atoms with Gasteiger partial charge in [0.25, 0.3) is 0 Å². The van der Waals surface area contributed by atoms with Crippen molar-refractivity contribution in [2.45, 2.75) is 25.5 Å². The molecule has 0 spiro atoms. The molecule has 13 heavy (non-hydrogen) atoms. The number of rotatable bonds is 7. The maximum Gasteiger partial charge on any atom is 0.104 e. The molecule has 78 valence electrons. The summed E-state index contributed by atoms with van der Waals surface area (Å²) in [6.07, 6.45) is 1.03. The first-order valence-corrected chi connectivity index (χ1v) is 4.90. The molecule has 1 unspecified atom stereocenters. The van der Waals surface area contributed by atoms with Crippen LogP contribution in [0.2, 0.25) is 0 Å². The minimum Gasteiger partial charge on any atom is -0.396 e. The molecule has 2 N–H and O–H groups in total. The fourth-order valence-corrected chi connectivity index (χ4v) is 1.25. The van der Waals surface area contributed by atoms with E-state index in [1.54, 1.807) is 0 Å². The number of likely N-dealkylation sites (N-methyl/N-ethyl adjacent to an activating group) is 1. The SMILES string of the molecule is CCNC(CCO)COC1COC1. The predicted molar refractivity (Wildman–Crippen MR) is 49.7 cm³/mol. The molecule has 1 atom stereocenters. The minimum atomic E-state index is 0.211. The summed E-state index contributed by atoms with van der Waals surface area (Å²) < 4.78 is 10.5. The Morgan fingerprint density at radius 3 is 2.85 bits per heavy atom. The summed E-state index contributed by atoms with van der Waals surface area (Å²) in [6, 6.07) is 0.274. The summed E-state index contributed by atoms with van der Waals surface area (Å²) in [5.74, 6) is 0. The van der Waals surface area contributed by atoms with E-state index in [2.05, 4.69) is 12.2 Å². The average molecular weight is 189 g/mol. The minimum absolute atomic E-state index is 0.211. The molecule has 1 aliphatic heterocycles. The zero-order valence-electron chi connectivity index (χ0n) is 8.16. The van der Waals surface area contributed by atoms with Crippen molar-refractivity contribution < 1.29 is 14.6 Å². The van der Waals surface area contributed by atoms with E-state index in [9.17, 15) is 0 Å². The molecule has 1 fully saturated rings. The van der Waals surface area contributed by atoms with Gasteiger partial charge < -0.3 is 19.9 Å². The standard InChI is InChI=1S/C9H19NO3/c1-2-10-8(3-4-11)5-13-9-6-12-7-9/h8-11H,2-7H2,1H3. The lowest BCUT2D eigenvalue weighted by Crippen LogP contribution is -2.41.